The second-order valence-corrected chi connectivity index (χ2v) is 7.16. The lowest BCUT2D eigenvalue weighted by atomic mass is 9.69. The summed E-state index contributed by atoms with van der Waals surface area (Å²) < 4.78 is 5.17. The van der Waals surface area contributed by atoms with Crippen LogP contribution in [0.3, 0.4) is 0 Å². The van der Waals surface area contributed by atoms with Gasteiger partial charge in [0.05, 0.1) is 12.7 Å². The highest BCUT2D eigenvalue weighted by molar-refractivity contribution is 5.86. The standard InChI is InChI=1S/C17H30O5/c1-6-17(4,5)15(22-20)13-8-7-12(9-14(13)18)10-21-16(19)11(2)3/h12-15,18,20H,2,6-10H2,1,3-5H3. The molecule has 1 saturated carbocycles. The molecule has 0 aromatic heterocycles. The summed E-state index contributed by atoms with van der Waals surface area (Å²) in [6.07, 6.45) is 2.02. The van der Waals surface area contributed by atoms with Crippen LogP contribution in [0, 0.1) is 17.3 Å². The number of carbonyl (C=O) groups is 1. The van der Waals surface area contributed by atoms with Gasteiger partial charge in [0, 0.05) is 11.5 Å². The first-order valence-corrected chi connectivity index (χ1v) is 8.03. The first-order valence-electron chi connectivity index (χ1n) is 8.03. The average Bonchev–Trinajstić information content (AvgIpc) is 2.47. The van der Waals surface area contributed by atoms with Crippen LogP contribution in [0.2, 0.25) is 0 Å². The molecule has 1 aliphatic rings. The van der Waals surface area contributed by atoms with E-state index in [-0.39, 0.29) is 23.2 Å². The van der Waals surface area contributed by atoms with E-state index in [1.165, 1.54) is 0 Å². The van der Waals surface area contributed by atoms with Crippen LogP contribution in [0.25, 0.3) is 0 Å². The Morgan fingerprint density at radius 2 is 2.05 bits per heavy atom. The van der Waals surface area contributed by atoms with E-state index in [9.17, 15) is 15.2 Å². The highest BCUT2D eigenvalue weighted by atomic mass is 17.1. The van der Waals surface area contributed by atoms with Gasteiger partial charge in [-0.25, -0.2) is 9.68 Å². The molecule has 1 rings (SSSR count). The van der Waals surface area contributed by atoms with Crippen molar-refractivity contribution in [2.45, 2.75) is 65.6 Å². The topological polar surface area (TPSA) is 76.0 Å². The smallest absolute Gasteiger partial charge is 0.333 e. The molecule has 0 radical (unpaired) electrons. The Bertz CT molecular complexity index is 391. The second kappa shape index (κ2) is 8.09. The van der Waals surface area contributed by atoms with Gasteiger partial charge in [0.1, 0.15) is 6.10 Å². The number of esters is 1. The Hall–Kier alpha value is -0.910. The third-order valence-corrected chi connectivity index (χ3v) is 4.96. The molecule has 5 nitrogen and oxygen atoms in total. The molecule has 0 aliphatic heterocycles. The first kappa shape index (κ1) is 19.1. The largest absolute Gasteiger partial charge is 0.462 e. The molecule has 5 heteroatoms. The van der Waals surface area contributed by atoms with Crippen LogP contribution in [0.1, 0.15) is 53.4 Å². The molecule has 0 heterocycles. The van der Waals surface area contributed by atoms with Crippen molar-refractivity contribution in [3.63, 3.8) is 0 Å². The molecule has 4 unspecified atom stereocenters. The molecular formula is C17H30O5. The summed E-state index contributed by atoms with van der Waals surface area (Å²) in [5.41, 5.74) is 0.173. The minimum atomic E-state index is -0.565. The van der Waals surface area contributed by atoms with Crippen molar-refractivity contribution in [2.24, 2.45) is 17.3 Å². The fourth-order valence-corrected chi connectivity index (χ4v) is 3.08. The predicted octanol–water partition coefficient (Wildman–Crippen LogP) is 3.18. The Balaban J connectivity index is 2.58. The van der Waals surface area contributed by atoms with E-state index in [0.29, 0.717) is 18.6 Å². The van der Waals surface area contributed by atoms with Crippen LogP contribution in [0.5, 0.6) is 0 Å². The molecular weight excluding hydrogens is 284 g/mol. The normalized spacial score (nSPS) is 27.3. The van der Waals surface area contributed by atoms with Gasteiger partial charge in [-0.1, -0.05) is 27.4 Å². The quantitative estimate of drug-likeness (QED) is 0.327. The van der Waals surface area contributed by atoms with Crippen LogP contribution in [0.15, 0.2) is 12.2 Å². The first-order chi connectivity index (χ1) is 10.2. The fraction of sp³-hybridized carbons (Fsp3) is 0.824. The zero-order chi connectivity index (χ0) is 16.9. The maximum atomic E-state index is 11.4. The maximum absolute atomic E-state index is 11.4. The Kier molecular flexibility index (Phi) is 7.03. The molecule has 0 aromatic rings. The Morgan fingerprint density at radius 3 is 2.50 bits per heavy atom. The number of hydrogen-bond donors (Lipinski definition) is 2. The van der Waals surface area contributed by atoms with Gasteiger partial charge in [-0.3, -0.25) is 5.26 Å². The SMILES string of the molecule is C=C(C)C(=O)OCC1CCC(C(OO)C(C)(C)CC)C(O)C1. The average molecular weight is 314 g/mol. The minimum Gasteiger partial charge on any atom is -0.462 e. The number of hydrogen-bond acceptors (Lipinski definition) is 5. The summed E-state index contributed by atoms with van der Waals surface area (Å²) in [7, 11) is 0. The van der Waals surface area contributed by atoms with E-state index < -0.39 is 12.2 Å². The third kappa shape index (κ3) is 4.80. The number of carbonyl (C=O) groups excluding carboxylic acids is 1. The second-order valence-electron chi connectivity index (χ2n) is 7.16. The van der Waals surface area contributed by atoms with Gasteiger partial charge in [-0.15, -0.1) is 0 Å². The van der Waals surface area contributed by atoms with Crippen LogP contribution in [-0.4, -0.2) is 35.1 Å². The van der Waals surface area contributed by atoms with Crippen LogP contribution < -0.4 is 0 Å². The van der Waals surface area contributed by atoms with Gasteiger partial charge in [-0.2, -0.15) is 0 Å². The summed E-state index contributed by atoms with van der Waals surface area (Å²) in [5.74, 6) is -0.355. The van der Waals surface area contributed by atoms with E-state index in [4.69, 9.17) is 9.62 Å². The van der Waals surface area contributed by atoms with Crippen molar-refractivity contribution in [1.82, 2.24) is 0 Å². The zero-order valence-electron chi connectivity index (χ0n) is 14.2. The van der Waals surface area contributed by atoms with E-state index in [1.807, 2.05) is 20.8 Å². The lowest BCUT2D eigenvalue weighted by Gasteiger charge is -2.42. The Labute approximate surface area is 133 Å². The molecule has 22 heavy (non-hydrogen) atoms. The number of ether oxygens (including phenoxy) is 1. The molecule has 2 N–H and O–H groups in total. The van der Waals surface area contributed by atoms with E-state index in [2.05, 4.69) is 6.58 Å². The number of aliphatic hydroxyl groups is 1. The van der Waals surface area contributed by atoms with Crippen molar-refractivity contribution in [1.29, 1.82) is 0 Å². The summed E-state index contributed by atoms with van der Waals surface area (Å²) in [6.45, 7) is 11.6. The van der Waals surface area contributed by atoms with Crippen LogP contribution in [-0.2, 0) is 14.4 Å². The van der Waals surface area contributed by atoms with Crippen molar-refractivity contribution in [3.8, 4) is 0 Å². The summed E-state index contributed by atoms with van der Waals surface area (Å²) in [5, 5.41) is 19.7. The molecule has 128 valence electrons. The number of rotatable bonds is 7. The molecule has 0 saturated heterocycles. The molecule has 0 bridgehead atoms. The zero-order valence-corrected chi connectivity index (χ0v) is 14.2. The fourth-order valence-electron chi connectivity index (χ4n) is 3.08. The third-order valence-electron chi connectivity index (χ3n) is 4.96. The molecule has 0 aromatic carbocycles. The molecule has 4 atom stereocenters. The maximum Gasteiger partial charge on any atom is 0.333 e. The summed E-state index contributed by atoms with van der Waals surface area (Å²) in [4.78, 5) is 16.1. The van der Waals surface area contributed by atoms with Gasteiger partial charge in [-0.05, 0) is 43.9 Å². The highest BCUT2D eigenvalue weighted by Gasteiger charge is 2.42. The lowest BCUT2D eigenvalue weighted by molar-refractivity contribution is -0.322. The van der Waals surface area contributed by atoms with Crippen molar-refractivity contribution >= 4 is 5.97 Å². The summed E-state index contributed by atoms with van der Waals surface area (Å²) >= 11 is 0. The van der Waals surface area contributed by atoms with Crippen molar-refractivity contribution in [3.05, 3.63) is 12.2 Å². The van der Waals surface area contributed by atoms with Gasteiger partial charge in [0.2, 0.25) is 0 Å². The van der Waals surface area contributed by atoms with Gasteiger partial charge in [0.25, 0.3) is 0 Å². The van der Waals surface area contributed by atoms with Crippen molar-refractivity contribution < 1.29 is 24.8 Å². The van der Waals surface area contributed by atoms with E-state index in [0.717, 1.165) is 19.3 Å². The Morgan fingerprint density at radius 1 is 1.41 bits per heavy atom. The lowest BCUT2D eigenvalue weighted by Crippen LogP contribution is -2.46. The van der Waals surface area contributed by atoms with Crippen LogP contribution in [0.4, 0.5) is 0 Å². The van der Waals surface area contributed by atoms with Gasteiger partial charge < -0.3 is 9.84 Å². The molecule has 1 fully saturated rings. The van der Waals surface area contributed by atoms with Crippen molar-refractivity contribution in [2.75, 3.05) is 6.61 Å². The minimum absolute atomic E-state index is 0.104. The highest BCUT2D eigenvalue weighted by Crippen LogP contribution is 2.40. The van der Waals surface area contributed by atoms with Gasteiger partial charge >= 0.3 is 5.97 Å². The van der Waals surface area contributed by atoms with Gasteiger partial charge in [0.15, 0.2) is 0 Å². The van der Waals surface area contributed by atoms with E-state index in [1.54, 1.807) is 6.92 Å². The molecule has 0 amide bonds. The molecule has 0 spiro atoms. The predicted molar refractivity (Wildman–Crippen MR) is 84.2 cm³/mol. The summed E-state index contributed by atoms with van der Waals surface area (Å²) in [6, 6.07) is 0. The van der Waals surface area contributed by atoms with Crippen LogP contribution >= 0.6 is 0 Å². The number of aliphatic hydroxyl groups excluding tert-OH is 1. The molecule has 1 aliphatic carbocycles. The van der Waals surface area contributed by atoms with E-state index >= 15 is 0 Å². The monoisotopic (exact) mass is 314 g/mol.